The van der Waals surface area contributed by atoms with Crippen LogP contribution in [0.4, 0.5) is 0 Å². The summed E-state index contributed by atoms with van der Waals surface area (Å²) >= 11 is 0. The first-order chi connectivity index (χ1) is 14.0. The van der Waals surface area contributed by atoms with Crippen LogP contribution in [0.15, 0.2) is 24.3 Å². The van der Waals surface area contributed by atoms with Crippen molar-refractivity contribution in [3.63, 3.8) is 0 Å². The van der Waals surface area contributed by atoms with E-state index in [1.807, 2.05) is 31.2 Å². The topological polar surface area (TPSA) is 76.7 Å². The third kappa shape index (κ3) is 4.11. The lowest BCUT2D eigenvalue weighted by atomic mass is 9.49. The van der Waals surface area contributed by atoms with E-state index in [9.17, 15) is 9.59 Å². The van der Waals surface area contributed by atoms with Crippen molar-refractivity contribution in [1.29, 1.82) is 0 Å². The van der Waals surface area contributed by atoms with E-state index in [4.69, 9.17) is 9.47 Å². The van der Waals surface area contributed by atoms with Crippen LogP contribution in [0.25, 0.3) is 6.08 Å². The lowest BCUT2D eigenvalue weighted by Crippen LogP contribution is -2.57. The third-order valence-corrected chi connectivity index (χ3v) is 6.74. The summed E-state index contributed by atoms with van der Waals surface area (Å²) in [6.45, 7) is 1.75. The van der Waals surface area contributed by atoms with Gasteiger partial charge in [-0.15, -0.1) is 0 Å². The first-order valence-corrected chi connectivity index (χ1v) is 10.5. The van der Waals surface area contributed by atoms with E-state index in [-0.39, 0.29) is 23.8 Å². The molecule has 2 amide bonds. The van der Waals surface area contributed by atoms with Gasteiger partial charge in [0.1, 0.15) is 0 Å². The summed E-state index contributed by atoms with van der Waals surface area (Å²) in [5.41, 5.74) is 5.91. The van der Waals surface area contributed by atoms with E-state index in [1.165, 1.54) is 19.3 Å². The first-order valence-electron chi connectivity index (χ1n) is 10.5. The Balaban J connectivity index is 1.29. The maximum Gasteiger partial charge on any atom is 0.276 e. The zero-order valence-corrected chi connectivity index (χ0v) is 17.2. The SMILES string of the molecule is C/C=C/c1ccc(OCC(=O)NNC(=O)C23CC4CC(CC(C4)C2)C3)c(OC)c1. The minimum Gasteiger partial charge on any atom is -0.493 e. The lowest BCUT2D eigenvalue weighted by Gasteiger charge is -2.55. The zero-order valence-electron chi connectivity index (χ0n) is 17.2. The molecule has 6 nitrogen and oxygen atoms in total. The van der Waals surface area contributed by atoms with E-state index in [0.717, 1.165) is 24.8 Å². The number of carbonyl (C=O) groups is 2. The van der Waals surface area contributed by atoms with Gasteiger partial charge in [-0.05, 0) is 80.9 Å². The van der Waals surface area contributed by atoms with Gasteiger partial charge in [0.2, 0.25) is 5.91 Å². The van der Waals surface area contributed by atoms with Crippen LogP contribution in [-0.4, -0.2) is 25.5 Å². The molecule has 5 rings (SSSR count). The van der Waals surface area contributed by atoms with Crippen LogP contribution in [0.2, 0.25) is 0 Å². The summed E-state index contributed by atoms with van der Waals surface area (Å²) < 4.78 is 10.9. The molecule has 4 saturated carbocycles. The number of carbonyl (C=O) groups excluding carboxylic acids is 2. The molecule has 0 atom stereocenters. The van der Waals surface area contributed by atoms with Crippen molar-refractivity contribution >= 4 is 17.9 Å². The summed E-state index contributed by atoms with van der Waals surface area (Å²) in [7, 11) is 1.56. The van der Waals surface area contributed by atoms with Crippen LogP contribution in [0, 0.1) is 23.2 Å². The van der Waals surface area contributed by atoms with Gasteiger partial charge in [0.25, 0.3) is 5.91 Å². The highest BCUT2D eigenvalue weighted by molar-refractivity contribution is 5.86. The maximum atomic E-state index is 12.9. The van der Waals surface area contributed by atoms with Crippen LogP contribution in [0.5, 0.6) is 11.5 Å². The number of allylic oxidation sites excluding steroid dienone is 1. The molecule has 4 aliphatic rings. The van der Waals surface area contributed by atoms with Crippen molar-refractivity contribution in [2.45, 2.75) is 45.4 Å². The minimum atomic E-state index is -0.386. The van der Waals surface area contributed by atoms with Crippen LogP contribution < -0.4 is 20.3 Å². The number of benzene rings is 1. The van der Waals surface area contributed by atoms with Gasteiger partial charge in [0, 0.05) is 0 Å². The van der Waals surface area contributed by atoms with E-state index in [1.54, 1.807) is 13.2 Å². The average molecular weight is 399 g/mol. The predicted octanol–water partition coefficient (Wildman–Crippen LogP) is 3.47. The molecule has 0 aromatic heterocycles. The zero-order chi connectivity index (χ0) is 20.4. The average Bonchev–Trinajstić information content (AvgIpc) is 2.70. The van der Waals surface area contributed by atoms with Crippen molar-refractivity contribution in [2.75, 3.05) is 13.7 Å². The Morgan fingerprint density at radius 3 is 2.31 bits per heavy atom. The van der Waals surface area contributed by atoms with Gasteiger partial charge >= 0.3 is 0 Å². The van der Waals surface area contributed by atoms with Gasteiger partial charge in [-0.25, -0.2) is 0 Å². The van der Waals surface area contributed by atoms with E-state index >= 15 is 0 Å². The summed E-state index contributed by atoms with van der Waals surface area (Å²) in [6.07, 6.45) is 10.6. The number of hydrogen-bond acceptors (Lipinski definition) is 4. The summed E-state index contributed by atoms with van der Waals surface area (Å²) in [6, 6.07) is 5.52. The Bertz CT molecular complexity index is 782. The van der Waals surface area contributed by atoms with Crippen LogP contribution >= 0.6 is 0 Å². The summed E-state index contributed by atoms with van der Waals surface area (Å²) in [5.74, 6) is 2.69. The second-order valence-corrected chi connectivity index (χ2v) is 8.90. The molecule has 6 heteroatoms. The third-order valence-electron chi connectivity index (χ3n) is 6.74. The number of amides is 2. The summed E-state index contributed by atoms with van der Waals surface area (Å²) in [4.78, 5) is 25.1. The van der Waals surface area contributed by atoms with Crippen molar-refractivity contribution < 1.29 is 19.1 Å². The van der Waals surface area contributed by atoms with Crippen molar-refractivity contribution in [1.82, 2.24) is 10.9 Å². The van der Waals surface area contributed by atoms with Gasteiger partial charge in [-0.2, -0.15) is 0 Å². The smallest absolute Gasteiger partial charge is 0.276 e. The number of hydrogen-bond donors (Lipinski definition) is 2. The molecule has 0 unspecified atom stereocenters. The van der Waals surface area contributed by atoms with E-state index in [2.05, 4.69) is 10.9 Å². The normalized spacial score (nSPS) is 29.7. The predicted molar refractivity (Wildman–Crippen MR) is 110 cm³/mol. The molecule has 0 radical (unpaired) electrons. The second-order valence-electron chi connectivity index (χ2n) is 8.90. The van der Waals surface area contributed by atoms with E-state index < -0.39 is 0 Å². The van der Waals surface area contributed by atoms with Gasteiger partial charge in [-0.1, -0.05) is 18.2 Å². The molecule has 4 bridgehead atoms. The van der Waals surface area contributed by atoms with Crippen molar-refractivity contribution in [2.24, 2.45) is 23.2 Å². The molecule has 0 aliphatic heterocycles. The fraction of sp³-hybridized carbons (Fsp3) is 0.565. The van der Waals surface area contributed by atoms with Crippen LogP contribution in [0.1, 0.15) is 51.0 Å². The number of nitrogens with one attached hydrogen (secondary N) is 2. The van der Waals surface area contributed by atoms with Gasteiger partial charge in [0.05, 0.1) is 12.5 Å². The number of ether oxygens (including phenoxy) is 2. The molecule has 0 spiro atoms. The van der Waals surface area contributed by atoms with Gasteiger partial charge in [-0.3, -0.25) is 20.4 Å². The first kappa shape index (κ1) is 19.8. The largest absolute Gasteiger partial charge is 0.493 e. The number of hydrazine groups is 1. The standard InChI is InChI=1S/C23H30N2O4/c1-3-4-15-5-6-19(20(10-15)28-2)29-14-21(26)24-25-22(27)23-11-16-7-17(12-23)9-18(8-16)13-23/h3-6,10,16-18H,7-9,11-14H2,1-2H3,(H,24,26)(H,25,27)/b4-3+. The molecule has 0 heterocycles. The molecular weight excluding hydrogens is 368 g/mol. The molecule has 1 aromatic rings. The van der Waals surface area contributed by atoms with Crippen molar-refractivity contribution in [3.8, 4) is 11.5 Å². The highest BCUT2D eigenvalue weighted by atomic mass is 16.5. The highest BCUT2D eigenvalue weighted by Crippen LogP contribution is 2.60. The van der Waals surface area contributed by atoms with Crippen LogP contribution in [0.3, 0.4) is 0 Å². The summed E-state index contributed by atoms with van der Waals surface area (Å²) in [5, 5.41) is 0. The molecule has 29 heavy (non-hydrogen) atoms. The number of rotatable bonds is 6. The molecule has 4 aliphatic carbocycles. The maximum absolute atomic E-state index is 12.9. The Kier molecular flexibility index (Phi) is 5.52. The lowest BCUT2D eigenvalue weighted by molar-refractivity contribution is -0.149. The Morgan fingerprint density at radius 2 is 1.72 bits per heavy atom. The Labute approximate surface area is 172 Å². The minimum absolute atomic E-state index is 0.0294. The van der Waals surface area contributed by atoms with E-state index in [0.29, 0.717) is 29.3 Å². The molecule has 4 fully saturated rings. The number of methoxy groups -OCH3 is 1. The molecule has 0 saturated heterocycles. The highest BCUT2D eigenvalue weighted by Gasteiger charge is 2.54. The monoisotopic (exact) mass is 398 g/mol. The fourth-order valence-electron chi connectivity index (χ4n) is 5.93. The Morgan fingerprint density at radius 1 is 1.07 bits per heavy atom. The molecule has 1 aromatic carbocycles. The van der Waals surface area contributed by atoms with Gasteiger partial charge in [0.15, 0.2) is 18.1 Å². The molecular formula is C23H30N2O4. The quantitative estimate of drug-likeness (QED) is 0.720. The molecule has 156 valence electrons. The van der Waals surface area contributed by atoms with Crippen LogP contribution in [-0.2, 0) is 9.59 Å². The second kappa shape index (κ2) is 8.09. The van der Waals surface area contributed by atoms with Gasteiger partial charge < -0.3 is 9.47 Å². The van der Waals surface area contributed by atoms with Crippen molar-refractivity contribution in [3.05, 3.63) is 29.8 Å². The molecule has 2 N–H and O–H groups in total. The fourth-order valence-corrected chi connectivity index (χ4v) is 5.93. The Hall–Kier alpha value is -2.50.